The maximum atomic E-state index is 12.5. The molecule has 13 nitrogen and oxygen atoms in total. The number of aromatic nitrogens is 1. The average molecular weight is 483 g/mol. The minimum Gasteiger partial charge on any atom is -0.444 e. The predicted octanol–water partition coefficient (Wildman–Crippen LogP) is 0.372. The number of rotatable bonds is 8. The number of oxime groups is 1. The van der Waals surface area contributed by atoms with E-state index in [0.717, 1.165) is 16.9 Å². The van der Waals surface area contributed by atoms with Gasteiger partial charge < -0.3 is 14.9 Å². The van der Waals surface area contributed by atoms with E-state index in [2.05, 4.69) is 25.6 Å². The summed E-state index contributed by atoms with van der Waals surface area (Å²) in [7, 11) is -3.49. The Bertz CT molecular complexity index is 1150. The number of hydrogen-bond donors (Lipinski definition) is 3. The second-order valence-electron chi connectivity index (χ2n) is 6.22. The highest BCUT2D eigenvalue weighted by Gasteiger charge is 2.45. The number of benzene rings is 1. The van der Waals surface area contributed by atoms with Gasteiger partial charge in [-0.3, -0.25) is 19.5 Å². The molecular formula is C17H17N5O8S2. The molecule has 1 fully saturated rings. The van der Waals surface area contributed by atoms with Gasteiger partial charge in [0.15, 0.2) is 10.8 Å². The summed E-state index contributed by atoms with van der Waals surface area (Å²) in [5.74, 6) is -1.87. The standard InChI is InChI=1S/C17H17N5O8S2/c1-29-21-13(14(23)18-11-7-22(15(11)24)32(26,27)28)12-9-31-16(19-12)20-17(25)30-8-10-5-3-2-4-6-10/h2-6,9,11H,7-8H2,1H3,(H,18,23)(H,19,20,25)(H,26,27,28)/t11-/m0/s1. The third kappa shape index (κ3) is 5.57. The second-order valence-corrected chi connectivity index (χ2v) is 8.41. The van der Waals surface area contributed by atoms with E-state index < -0.39 is 40.8 Å². The predicted molar refractivity (Wildman–Crippen MR) is 111 cm³/mol. The molecule has 2 aromatic rings. The zero-order valence-corrected chi connectivity index (χ0v) is 18.1. The summed E-state index contributed by atoms with van der Waals surface area (Å²) < 4.78 is 36.1. The van der Waals surface area contributed by atoms with E-state index >= 15 is 0 Å². The Morgan fingerprint density at radius 1 is 1.34 bits per heavy atom. The van der Waals surface area contributed by atoms with Crippen molar-refractivity contribution in [2.75, 3.05) is 19.0 Å². The fraction of sp³-hybridized carbons (Fsp3) is 0.235. The molecule has 1 atom stereocenters. The van der Waals surface area contributed by atoms with Crippen LogP contribution in [0.5, 0.6) is 0 Å². The van der Waals surface area contributed by atoms with Gasteiger partial charge >= 0.3 is 16.4 Å². The maximum Gasteiger partial charge on any atom is 0.413 e. The number of anilines is 1. The molecule has 170 valence electrons. The van der Waals surface area contributed by atoms with Gasteiger partial charge in [0.05, 0.1) is 6.54 Å². The number of amides is 3. The van der Waals surface area contributed by atoms with Crippen molar-refractivity contribution < 1.29 is 36.9 Å². The van der Waals surface area contributed by atoms with E-state index in [4.69, 9.17) is 9.29 Å². The molecule has 3 N–H and O–H groups in total. The SMILES string of the molecule is CON=C(C(=O)N[C@H]1CN(S(=O)(=O)O)C1=O)c1csc(NC(=O)OCc2ccccc2)n1. The van der Waals surface area contributed by atoms with Gasteiger partial charge in [0, 0.05) is 5.38 Å². The van der Waals surface area contributed by atoms with Crippen molar-refractivity contribution in [1.29, 1.82) is 0 Å². The molecule has 32 heavy (non-hydrogen) atoms. The van der Waals surface area contributed by atoms with E-state index in [0.29, 0.717) is 0 Å². The number of nitrogens with zero attached hydrogens (tertiary/aromatic N) is 3. The summed E-state index contributed by atoms with van der Waals surface area (Å²) in [6.45, 7) is -0.375. The molecule has 15 heteroatoms. The lowest BCUT2D eigenvalue weighted by Crippen LogP contribution is -2.65. The first-order chi connectivity index (χ1) is 15.2. The molecule has 0 radical (unpaired) electrons. The minimum atomic E-state index is -4.68. The van der Waals surface area contributed by atoms with Gasteiger partial charge in [-0.1, -0.05) is 35.5 Å². The summed E-state index contributed by atoms with van der Waals surface area (Å²) in [6, 6.07) is 7.87. The molecular weight excluding hydrogens is 466 g/mol. The Morgan fingerprint density at radius 2 is 2.06 bits per heavy atom. The number of β-lactam (4-membered cyclic amide) rings is 1. The Balaban J connectivity index is 1.59. The summed E-state index contributed by atoms with van der Waals surface area (Å²) in [5, 5.41) is 9.81. The third-order valence-electron chi connectivity index (χ3n) is 4.04. The number of thiazole rings is 1. The normalized spacial score (nSPS) is 16.2. The summed E-state index contributed by atoms with van der Waals surface area (Å²) in [5.41, 5.74) is 0.519. The van der Waals surface area contributed by atoms with Crippen LogP contribution in [0, 0.1) is 0 Å². The topological polar surface area (TPSA) is 177 Å². The minimum absolute atomic E-state index is 0.0334. The van der Waals surface area contributed by atoms with Crippen LogP contribution in [0.3, 0.4) is 0 Å². The highest BCUT2D eigenvalue weighted by molar-refractivity contribution is 7.84. The van der Waals surface area contributed by atoms with Crippen LogP contribution < -0.4 is 10.6 Å². The zero-order valence-electron chi connectivity index (χ0n) is 16.4. The lowest BCUT2D eigenvalue weighted by atomic mass is 10.1. The summed E-state index contributed by atoms with van der Waals surface area (Å²) in [6.07, 6.45) is -0.755. The molecule has 1 aromatic heterocycles. The van der Waals surface area contributed by atoms with Crippen molar-refractivity contribution in [3.63, 3.8) is 0 Å². The molecule has 3 amide bonds. The highest BCUT2D eigenvalue weighted by Crippen LogP contribution is 2.18. The Kier molecular flexibility index (Phi) is 7.01. The van der Waals surface area contributed by atoms with Gasteiger partial charge in [0.25, 0.3) is 11.8 Å². The van der Waals surface area contributed by atoms with Crippen molar-refractivity contribution in [3.05, 3.63) is 47.0 Å². The second kappa shape index (κ2) is 9.71. The van der Waals surface area contributed by atoms with Crippen molar-refractivity contribution in [1.82, 2.24) is 14.6 Å². The zero-order chi connectivity index (χ0) is 23.3. The van der Waals surface area contributed by atoms with E-state index in [1.54, 1.807) is 12.1 Å². The number of carbonyl (C=O) groups excluding carboxylic acids is 3. The van der Waals surface area contributed by atoms with Crippen LogP contribution in [0.2, 0.25) is 0 Å². The van der Waals surface area contributed by atoms with Crippen molar-refractivity contribution in [2.45, 2.75) is 12.6 Å². The first-order valence-corrected chi connectivity index (χ1v) is 11.1. The number of ether oxygens (including phenoxy) is 1. The molecule has 0 saturated carbocycles. The Morgan fingerprint density at radius 3 is 2.69 bits per heavy atom. The van der Waals surface area contributed by atoms with Gasteiger partial charge in [0.1, 0.15) is 25.5 Å². The monoisotopic (exact) mass is 483 g/mol. The fourth-order valence-corrected chi connectivity index (χ4v) is 3.89. The van der Waals surface area contributed by atoms with Gasteiger partial charge in [-0.25, -0.2) is 14.1 Å². The van der Waals surface area contributed by atoms with E-state index in [1.807, 2.05) is 18.2 Å². The van der Waals surface area contributed by atoms with Crippen LogP contribution in [0.15, 0.2) is 40.9 Å². The average Bonchev–Trinajstić information content (AvgIpc) is 3.20. The highest BCUT2D eigenvalue weighted by atomic mass is 32.2. The fourth-order valence-electron chi connectivity index (χ4n) is 2.52. The molecule has 3 rings (SSSR count). The van der Waals surface area contributed by atoms with Crippen LogP contribution in [0.4, 0.5) is 9.93 Å². The van der Waals surface area contributed by atoms with Gasteiger partial charge in [-0.15, -0.1) is 11.3 Å². The van der Waals surface area contributed by atoms with Crippen molar-refractivity contribution in [3.8, 4) is 0 Å². The van der Waals surface area contributed by atoms with Crippen LogP contribution in [0.25, 0.3) is 0 Å². The molecule has 1 aromatic carbocycles. The molecule has 2 heterocycles. The Labute approximate surface area is 185 Å². The first-order valence-electron chi connectivity index (χ1n) is 8.83. The van der Waals surface area contributed by atoms with Crippen molar-refractivity contribution >= 4 is 50.4 Å². The van der Waals surface area contributed by atoms with Crippen LogP contribution in [-0.2, 0) is 36.1 Å². The summed E-state index contributed by atoms with van der Waals surface area (Å²) >= 11 is 0.987. The Hall–Kier alpha value is -3.56. The molecule has 0 bridgehead atoms. The lowest BCUT2D eigenvalue weighted by molar-refractivity contribution is -0.139. The summed E-state index contributed by atoms with van der Waals surface area (Å²) in [4.78, 5) is 44.9. The third-order valence-corrected chi connectivity index (χ3v) is 5.69. The first kappa shape index (κ1) is 23.1. The van der Waals surface area contributed by atoms with E-state index in [-0.39, 0.29) is 27.4 Å². The van der Waals surface area contributed by atoms with Crippen LogP contribution in [-0.4, -0.2) is 65.6 Å². The smallest absolute Gasteiger partial charge is 0.413 e. The van der Waals surface area contributed by atoms with Gasteiger partial charge in [-0.2, -0.15) is 8.42 Å². The quantitative estimate of drug-likeness (QED) is 0.207. The molecule has 0 unspecified atom stereocenters. The molecule has 1 saturated heterocycles. The largest absolute Gasteiger partial charge is 0.444 e. The molecule has 0 aliphatic carbocycles. The lowest BCUT2D eigenvalue weighted by Gasteiger charge is -2.35. The molecule has 1 aliphatic heterocycles. The van der Waals surface area contributed by atoms with Crippen LogP contribution in [0.1, 0.15) is 11.3 Å². The van der Waals surface area contributed by atoms with E-state index in [9.17, 15) is 22.8 Å². The van der Waals surface area contributed by atoms with Gasteiger partial charge in [-0.05, 0) is 5.56 Å². The number of carbonyl (C=O) groups is 3. The van der Waals surface area contributed by atoms with E-state index in [1.165, 1.54) is 12.5 Å². The molecule has 1 aliphatic rings. The number of hydrogen-bond acceptors (Lipinski definition) is 10. The van der Waals surface area contributed by atoms with Gasteiger partial charge in [0.2, 0.25) is 0 Å². The number of nitrogens with one attached hydrogen (secondary N) is 2. The van der Waals surface area contributed by atoms with Crippen molar-refractivity contribution in [2.24, 2.45) is 5.16 Å². The maximum absolute atomic E-state index is 12.5. The molecule has 0 spiro atoms. The van der Waals surface area contributed by atoms with Crippen LogP contribution >= 0.6 is 11.3 Å².